The third-order valence-electron chi connectivity index (χ3n) is 3.96. The Hall–Kier alpha value is -1.06. The Morgan fingerprint density at radius 2 is 1.26 bits per heavy atom. The number of carbonyl (C=O) groups excluding carboxylic acids is 2. The summed E-state index contributed by atoms with van der Waals surface area (Å²) in [5.74, 6) is 0.0450. The Morgan fingerprint density at radius 1 is 0.895 bits per heavy atom. The molecule has 110 valence electrons. The second-order valence-electron chi connectivity index (χ2n) is 5.74. The molecule has 0 bridgehead atoms. The third-order valence-corrected chi connectivity index (χ3v) is 3.96. The molecule has 4 heteroatoms. The van der Waals surface area contributed by atoms with Crippen LogP contribution in [0.1, 0.15) is 52.4 Å². The van der Waals surface area contributed by atoms with Gasteiger partial charge in [-0.1, -0.05) is 26.7 Å². The van der Waals surface area contributed by atoms with Gasteiger partial charge in [0.05, 0.1) is 0 Å². The second kappa shape index (κ2) is 6.92. The number of unbranched alkanes of at least 4 members (excludes halogenated alkanes) is 2. The first-order valence-corrected chi connectivity index (χ1v) is 7.50. The lowest BCUT2D eigenvalue weighted by Crippen LogP contribution is -2.45. The van der Waals surface area contributed by atoms with Gasteiger partial charge >= 0.3 is 0 Å². The lowest BCUT2D eigenvalue weighted by molar-refractivity contribution is -0.148. The zero-order chi connectivity index (χ0) is 14.5. The van der Waals surface area contributed by atoms with Crippen molar-refractivity contribution < 1.29 is 9.59 Å². The van der Waals surface area contributed by atoms with Crippen molar-refractivity contribution in [1.29, 1.82) is 0 Å². The largest absolute Gasteiger partial charge is 0.345 e. The maximum Gasteiger partial charge on any atom is 0.238 e. The Balaban J connectivity index is 2.59. The van der Waals surface area contributed by atoms with Crippen LogP contribution < -0.4 is 0 Å². The molecule has 0 radical (unpaired) electrons. The van der Waals surface area contributed by atoms with Crippen LogP contribution in [0.15, 0.2) is 0 Å². The number of rotatable bonds is 8. The molecular weight excluding hydrogens is 240 g/mol. The van der Waals surface area contributed by atoms with Gasteiger partial charge in [-0.2, -0.15) is 0 Å². The molecule has 0 spiro atoms. The van der Waals surface area contributed by atoms with E-state index in [4.69, 9.17) is 0 Å². The van der Waals surface area contributed by atoms with Crippen LogP contribution in [0.3, 0.4) is 0 Å². The van der Waals surface area contributed by atoms with Crippen molar-refractivity contribution in [2.75, 3.05) is 27.2 Å². The Morgan fingerprint density at radius 3 is 1.53 bits per heavy atom. The smallest absolute Gasteiger partial charge is 0.238 e. The second-order valence-corrected chi connectivity index (χ2v) is 5.74. The Kier molecular flexibility index (Phi) is 5.83. The lowest BCUT2D eigenvalue weighted by Gasteiger charge is -2.26. The van der Waals surface area contributed by atoms with Crippen LogP contribution in [0.2, 0.25) is 0 Å². The molecular formula is C15H28N2O2. The summed E-state index contributed by atoms with van der Waals surface area (Å²) >= 11 is 0. The van der Waals surface area contributed by atoms with Gasteiger partial charge < -0.3 is 9.80 Å². The fourth-order valence-corrected chi connectivity index (χ4v) is 2.37. The van der Waals surface area contributed by atoms with E-state index < -0.39 is 5.41 Å². The van der Waals surface area contributed by atoms with E-state index in [0.29, 0.717) is 0 Å². The maximum atomic E-state index is 12.4. The number of amides is 2. The molecule has 1 aliphatic rings. The summed E-state index contributed by atoms with van der Waals surface area (Å²) in [6, 6.07) is 0. The quantitative estimate of drug-likeness (QED) is 0.634. The highest BCUT2D eigenvalue weighted by Gasteiger charge is 2.58. The van der Waals surface area contributed by atoms with E-state index in [9.17, 15) is 9.59 Å². The van der Waals surface area contributed by atoms with Crippen LogP contribution in [-0.2, 0) is 9.59 Å². The molecule has 0 N–H and O–H groups in total. The third kappa shape index (κ3) is 3.71. The molecule has 19 heavy (non-hydrogen) atoms. The molecule has 1 rings (SSSR count). The SMILES string of the molecule is CCCCN(C)C(=O)C1(C(=O)N(C)CCCC)CC1. The molecule has 4 nitrogen and oxygen atoms in total. The van der Waals surface area contributed by atoms with Crippen molar-refractivity contribution in [2.24, 2.45) is 5.41 Å². The summed E-state index contributed by atoms with van der Waals surface area (Å²) in [6.07, 6.45) is 5.56. The van der Waals surface area contributed by atoms with Gasteiger partial charge in [0, 0.05) is 27.2 Å². The summed E-state index contributed by atoms with van der Waals surface area (Å²) in [5, 5.41) is 0. The molecule has 0 heterocycles. The van der Waals surface area contributed by atoms with E-state index >= 15 is 0 Å². The Labute approximate surface area is 117 Å². The average Bonchev–Trinajstić information content (AvgIpc) is 3.21. The van der Waals surface area contributed by atoms with E-state index in [1.54, 1.807) is 9.80 Å². The standard InChI is InChI=1S/C15H28N2O2/c1-5-7-11-16(3)13(18)15(9-10-15)14(19)17(4)12-8-6-2/h5-12H2,1-4H3. The minimum Gasteiger partial charge on any atom is -0.345 e. The van der Waals surface area contributed by atoms with Crippen molar-refractivity contribution in [3.05, 3.63) is 0 Å². The molecule has 2 amide bonds. The maximum absolute atomic E-state index is 12.4. The van der Waals surface area contributed by atoms with Gasteiger partial charge in [-0.15, -0.1) is 0 Å². The zero-order valence-corrected chi connectivity index (χ0v) is 12.9. The summed E-state index contributed by atoms with van der Waals surface area (Å²) in [7, 11) is 3.63. The van der Waals surface area contributed by atoms with Gasteiger partial charge in [0.2, 0.25) is 11.8 Å². The van der Waals surface area contributed by atoms with Crippen molar-refractivity contribution >= 4 is 11.8 Å². The molecule has 1 saturated carbocycles. The van der Waals surface area contributed by atoms with Crippen LogP contribution in [0.5, 0.6) is 0 Å². The van der Waals surface area contributed by atoms with E-state index in [2.05, 4.69) is 13.8 Å². The van der Waals surface area contributed by atoms with Gasteiger partial charge in [-0.05, 0) is 25.7 Å². The summed E-state index contributed by atoms with van der Waals surface area (Å²) in [5.41, 5.74) is -0.717. The van der Waals surface area contributed by atoms with E-state index in [1.165, 1.54) is 0 Å². The van der Waals surface area contributed by atoms with E-state index in [0.717, 1.165) is 51.6 Å². The number of hydrogen-bond donors (Lipinski definition) is 0. The molecule has 0 atom stereocenters. The van der Waals surface area contributed by atoms with Crippen molar-refractivity contribution in [3.63, 3.8) is 0 Å². The van der Waals surface area contributed by atoms with Crippen molar-refractivity contribution in [3.8, 4) is 0 Å². The zero-order valence-electron chi connectivity index (χ0n) is 12.9. The van der Waals surface area contributed by atoms with Crippen molar-refractivity contribution in [1.82, 2.24) is 9.80 Å². The molecule has 0 aromatic heterocycles. The molecule has 0 saturated heterocycles. The van der Waals surface area contributed by atoms with Gasteiger partial charge in [0.15, 0.2) is 0 Å². The first-order chi connectivity index (χ1) is 8.99. The molecule has 0 aliphatic heterocycles. The molecule has 0 aromatic carbocycles. The average molecular weight is 268 g/mol. The summed E-state index contributed by atoms with van der Waals surface area (Å²) in [6.45, 7) is 5.72. The highest BCUT2D eigenvalue weighted by Crippen LogP contribution is 2.48. The number of nitrogens with zero attached hydrogens (tertiary/aromatic N) is 2. The van der Waals surface area contributed by atoms with Crippen LogP contribution in [0.25, 0.3) is 0 Å². The van der Waals surface area contributed by atoms with Crippen LogP contribution in [0, 0.1) is 5.41 Å². The van der Waals surface area contributed by atoms with Crippen molar-refractivity contribution in [2.45, 2.75) is 52.4 Å². The van der Waals surface area contributed by atoms with Gasteiger partial charge in [-0.25, -0.2) is 0 Å². The summed E-state index contributed by atoms with van der Waals surface area (Å²) in [4.78, 5) is 28.3. The number of hydrogen-bond acceptors (Lipinski definition) is 2. The van der Waals surface area contributed by atoms with E-state index in [-0.39, 0.29) is 11.8 Å². The molecule has 0 aromatic rings. The van der Waals surface area contributed by atoms with Gasteiger partial charge in [-0.3, -0.25) is 9.59 Å². The highest BCUT2D eigenvalue weighted by molar-refractivity contribution is 6.07. The predicted molar refractivity (Wildman–Crippen MR) is 76.8 cm³/mol. The normalized spacial score (nSPS) is 16.0. The van der Waals surface area contributed by atoms with Crippen LogP contribution >= 0.6 is 0 Å². The monoisotopic (exact) mass is 268 g/mol. The van der Waals surface area contributed by atoms with E-state index in [1.807, 2.05) is 14.1 Å². The summed E-state index contributed by atoms with van der Waals surface area (Å²) < 4.78 is 0. The number of carbonyl (C=O) groups is 2. The van der Waals surface area contributed by atoms with Gasteiger partial charge in [0.25, 0.3) is 0 Å². The van der Waals surface area contributed by atoms with Crippen LogP contribution in [-0.4, -0.2) is 48.8 Å². The molecule has 1 fully saturated rings. The minimum atomic E-state index is -0.717. The minimum absolute atomic E-state index is 0.0225. The first kappa shape index (κ1) is 16.0. The predicted octanol–water partition coefficient (Wildman–Crippen LogP) is 2.28. The Bertz CT molecular complexity index is 296. The van der Waals surface area contributed by atoms with Gasteiger partial charge in [0.1, 0.15) is 5.41 Å². The topological polar surface area (TPSA) is 40.6 Å². The fourth-order valence-electron chi connectivity index (χ4n) is 2.37. The highest BCUT2D eigenvalue weighted by atomic mass is 16.2. The fraction of sp³-hybridized carbons (Fsp3) is 0.867. The molecule has 1 aliphatic carbocycles. The first-order valence-electron chi connectivity index (χ1n) is 7.50. The molecule has 0 unspecified atom stereocenters. The lowest BCUT2D eigenvalue weighted by atomic mass is 10.0. The van der Waals surface area contributed by atoms with Crippen LogP contribution in [0.4, 0.5) is 0 Å².